The molecule has 3 rings (SSSR count). The Bertz CT molecular complexity index is 841. The van der Waals surface area contributed by atoms with E-state index in [1.54, 1.807) is 0 Å². The van der Waals surface area contributed by atoms with Crippen LogP contribution in [0.15, 0.2) is 41.4 Å². The van der Waals surface area contributed by atoms with Crippen LogP contribution >= 0.6 is 0 Å². The van der Waals surface area contributed by atoms with Crippen LogP contribution in [-0.2, 0) is 14.6 Å². The SMILES string of the molecule is CCNC(=NCC1(S(C)(=O)=O)CCOCC1)N1CCN(C/C=C/c2ccccc2)CC1. The third-order valence-corrected chi connectivity index (χ3v) is 8.30. The molecule has 2 fully saturated rings. The average Bonchev–Trinajstić information content (AvgIpc) is 2.78. The summed E-state index contributed by atoms with van der Waals surface area (Å²) in [4.78, 5) is 9.46. The number of ether oxygens (including phenoxy) is 1. The van der Waals surface area contributed by atoms with Gasteiger partial charge in [-0.05, 0) is 25.3 Å². The van der Waals surface area contributed by atoms with Gasteiger partial charge < -0.3 is 15.0 Å². The van der Waals surface area contributed by atoms with Gasteiger partial charge >= 0.3 is 0 Å². The molecule has 172 valence electrons. The van der Waals surface area contributed by atoms with Crippen molar-refractivity contribution < 1.29 is 13.2 Å². The van der Waals surface area contributed by atoms with Crippen molar-refractivity contribution in [1.82, 2.24) is 15.1 Å². The molecule has 1 aromatic rings. The number of benzene rings is 1. The molecule has 0 atom stereocenters. The van der Waals surface area contributed by atoms with Crippen LogP contribution in [0.1, 0.15) is 25.3 Å². The van der Waals surface area contributed by atoms with Gasteiger partial charge in [0, 0.05) is 58.7 Å². The van der Waals surface area contributed by atoms with Crippen molar-refractivity contribution in [3.63, 3.8) is 0 Å². The van der Waals surface area contributed by atoms with Gasteiger partial charge in [-0.25, -0.2) is 8.42 Å². The summed E-state index contributed by atoms with van der Waals surface area (Å²) >= 11 is 0. The van der Waals surface area contributed by atoms with Gasteiger partial charge in [-0.15, -0.1) is 0 Å². The maximum Gasteiger partial charge on any atom is 0.194 e. The normalized spacial score (nSPS) is 20.8. The number of nitrogens with zero attached hydrogens (tertiary/aromatic N) is 3. The molecule has 7 nitrogen and oxygen atoms in total. The number of hydrogen-bond donors (Lipinski definition) is 1. The van der Waals surface area contributed by atoms with Gasteiger partial charge in [0.2, 0.25) is 0 Å². The van der Waals surface area contributed by atoms with Crippen LogP contribution in [0.4, 0.5) is 0 Å². The predicted octanol–water partition coefficient (Wildman–Crippen LogP) is 1.88. The van der Waals surface area contributed by atoms with Gasteiger partial charge in [0.1, 0.15) is 0 Å². The van der Waals surface area contributed by atoms with Crippen molar-refractivity contribution in [2.75, 3.05) is 65.3 Å². The minimum Gasteiger partial charge on any atom is -0.381 e. The smallest absolute Gasteiger partial charge is 0.194 e. The second kappa shape index (κ2) is 11.1. The van der Waals surface area contributed by atoms with E-state index in [9.17, 15) is 8.42 Å². The highest BCUT2D eigenvalue weighted by molar-refractivity contribution is 7.92. The highest BCUT2D eigenvalue weighted by atomic mass is 32.2. The molecule has 2 heterocycles. The van der Waals surface area contributed by atoms with E-state index in [0.717, 1.165) is 45.2 Å². The van der Waals surface area contributed by atoms with Crippen molar-refractivity contribution in [3.05, 3.63) is 42.0 Å². The minimum absolute atomic E-state index is 0.289. The number of nitrogens with one attached hydrogen (secondary N) is 1. The summed E-state index contributed by atoms with van der Waals surface area (Å²) in [6, 6.07) is 10.3. The summed E-state index contributed by atoms with van der Waals surface area (Å²) in [7, 11) is -3.22. The molecule has 0 aliphatic carbocycles. The van der Waals surface area contributed by atoms with Crippen LogP contribution in [0.3, 0.4) is 0 Å². The molecule has 1 N–H and O–H groups in total. The zero-order valence-corrected chi connectivity index (χ0v) is 19.6. The number of guanidine groups is 1. The fourth-order valence-corrected chi connectivity index (χ4v) is 5.29. The Morgan fingerprint density at radius 2 is 1.84 bits per heavy atom. The molecule has 2 aliphatic heterocycles. The monoisotopic (exact) mass is 448 g/mol. The summed E-state index contributed by atoms with van der Waals surface area (Å²) in [5.74, 6) is 0.816. The van der Waals surface area contributed by atoms with Crippen molar-refractivity contribution >= 4 is 21.9 Å². The minimum atomic E-state index is -3.22. The van der Waals surface area contributed by atoms with Crippen molar-refractivity contribution in [3.8, 4) is 0 Å². The molecule has 0 radical (unpaired) electrons. The zero-order valence-electron chi connectivity index (χ0n) is 18.8. The van der Waals surface area contributed by atoms with E-state index in [4.69, 9.17) is 9.73 Å². The molecule has 0 unspecified atom stereocenters. The van der Waals surface area contributed by atoms with Gasteiger partial charge in [-0.2, -0.15) is 0 Å². The summed E-state index contributed by atoms with van der Waals surface area (Å²) in [5, 5.41) is 3.36. The lowest BCUT2D eigenvalue weighted by Crippen LogP contribution is -2.53. The Labute approximate surface area is 187 Å². The molecule has 0 spiro atoms. The van der Waals surface area contributed by atoms with Crippen LogP contribution in [0.2, 0.25) is 0 Å². The Kier molecular flexibility index (Phi) is 8.51. The summed E-state index contributed by atoms with van der Waals surface area (Å²) in [5.41, 5.74) is 1.22. The van der Waals surface area contributed by atoms with E-state index in [2.05, 4.69) is 39.4 Å². The number of piperazine rings is 1. The lowest BCUT2D eigenvalue weighted by molar-refractivity contribution is 0.0767. The molecule has 2 aliphatic rings. The third-order valence-electron chi connectivity index (χ3n) is 6.19. The van der Waals surface area contributed by atoms with Gasteiger partial charge in [-0.1, -0.05) is 42.5 Å². The predicted molar refractivity (Wildman–Crippen MR) is 127 cm³/mol. The fourth-order valence-electron chi connectivity index (χ4n) is 4.08. The summed E-state index contributed by atoms with van der Waals surface area (Å²) in [6.45, 7) is 8.63. The molecular weight excluding hydrogens is 412 g/mol. The largest absolute Gasteiger partial charge is 0.381 e. The topological polar surface area (TPSA) is 74.2 Å². The van der Waals surface area contributed by atoms with Crippen LogP contribution in [-0.4, -0.2) is 94.2 Å². The van der Waals surface area contributed by atoms with Gasteiger partial charge in [-0.3, -0.25) is 9.89 Å². The number of sulfone groups is 1. The highest BCUT2D eigenvalue weighted by Gasteiger charge is 2.42. The molecule has 0 saturated carbocycles. The maximum absolute atomic E-state index is 12.5. The van der Waals surface area contributed by atoms with E-state index in [-0.39, 0.29) is 6.54 Å². The number of aliphatic imine (C=N–C) groups is 1. The van der Waals surface area contributed by atoms with E-state index in [0.29, 0.717) is 26.1 Å². The summed E-state index contributed by atoms with van der Waals surface area (Å²) < 4.78 is 29.7. The van der Waals surface area contributed by atoms with Crippen molar-refractivity contribution in [2.24, 2.45) is 4.99 Å². The molecule has 0 bridgehead atoms. The molecule has 0 aromatic heterocycles. The first-order valence-electron chi connectivity index (χ1n) is 11.2. The molecule has 1 aromatic carbocycles. The quantitative estimate of drug-likeness (QED) is 0.507. The third kappa shape index (κ3) is 6.54. The van der Waals surface area contributed by atoms with E-state index >= 15 is 0 Å². The van der Waals surface area contributed by atoms with Crippen LogP contribution in [0, 0.1) is 0 Å². The van der Waals surface area contributed by atoms with Gasteiger partial charge in [0.25, 0.3) is 0 Å². The standard InChI is InChI=1S/C23H36N4O3S/c1-3-24-22(25-20-23(31(2,28)29)11-18-30-19-12-23)27-16-14-26(15-17-27)13-7-10-21-8-5-4-6-9-21/h4-10H,3,11-20H2,1-2H3,(H,24,25)/b10-7+. The second-order valence-corrected chi connectivity index (χ2v) is 10.7. The lowest BCUT2D eigenvalue weighted by Gasteiger charge is -2.37. The number of rotatable bonds is 7. The molecular formula is C23H36N4O3S. The average molecular weight is 449 g/mol. The van der Waals surface area contributed by atoms with Crippen LogP contribution < -0.4 is 5.32 Å². The molecule has 31 heavy (non-hydrogen) atoms. The van der Waals surface area contributed by atoms with Crippen molar-refractivity contribution in [2.45, 2.75) is 24.5 Å². The zero-order chi connectivity index (χ0) is 22.2. The first kappa shape index (κ1) is 23.8. The Morgan fingerprint density at radius 3 is 2.45 bits per heavy atom. The van der Waals surface area contributed by atoms with E-state index in [1.165, 1.54) is 11.8 Å². The van der Waals surface area contributed by atoms with Crippen LogP contribution in [0.25, 0.3) is 6.08 Å². The van der Waals surface area contributed by atoms with Crippen molar-refractivity contribution in [1.29, 1.82) is 0 Å². The summed E-state index contributed by atoms with van der Waals surface area (Å²) in [6.07, 6.45) is 6.73. The van der Waals surface area contributed by atoms with Gasteiger partial charge in [0.05, 0.1) is 11.3 Å². The Hall–Kier alpha value is -1.90. The Balaban J connectivity index is 1.57. The maximum atomic E-state index is 12.5. The molecule has 2 saturated heterocycles. The molecule has 0 amide bonds. The number of hydrogen-bond acceptors (Lipinski definition) is 5. The van der Waals surface area contributed by atoms with E-state index in [1.807, 2.05) is 25.1 Å². The second-order valence-electron chi connectivity index (χ2n) is 8.34. The van der Waals surface area contributed by atoms with E-state index < -0.39 is 14.6 Å². The Morgan fingerprint density at radius 1 is 1.16 bits per heavy atom. The fraction of sp³-hybridized carbons (Fsp3) is 0.609. The first-order chi connectivity index (χ1) is 14.9. The van der Waals surface area contributed by atoms with Gasteiger partial charge in [0.15, 0.2) is 15.8 Å². The first-order valence-corrected chi connectivity index (χ1v) is 13.1. The molecule has 8 heteroatoms. The van der Waals surface area contributed by atoms with Crippen LogP contribution in [0.5, 0.6) is 0 Å². The lowest BCUT2D eigenvalue weighted by atomic mass is 9.99. The highest BCUT2D eigenvalue weighted by Crippen LogP contribution is 2.29.